The van der Waals surface area contributed by atoms with E-state index in [0.717, 1.165) is 30.8 Å². The van der Waals surface area contributed by atoms with Crippen LogP contribution < -0.4 is 0 Å². The van der Waals surface area contributed by atoms with E-state index in [1.165, 1.54) is 0 Å². The molecule has 82 valence electrons. The van der Waals surface area contributed by atoms with Gasteiger partial charge in [-0.25, -0.2) is 0 Å². The minimum absolute atomic E-state index is 0.00259. The molecular weight excluding hydrogens is 212 g/mol. The van der Waals surface area contributed by atoms with Gasteiger partial charge in [0.15, 0.2) is 0 Å². The predicted molar refractivity (Wildman–Crippen MR) is 59.6 cm³/mol. The van der Waals surface area contributed by atoms with Crippen molar-refractivity contribution in [1.82, 2.24) is 4.90 Å². The number of azide groups is 1. The second kappa shape index (κ2) is 4.77. The largest absolute Gasteiger partial charge is 0.336 e. The Morgan fingerprint density at radius 1 is 1.47 bits per heavy atom. The van der Waals surface area contributed by atoms with Gasteiger partial charge in [-0.15, -0.1) is 0 Å². The Kier molecular flexibility index (Phi) is 3.38. The van der Waals surface area contributed by atoms with Crippen LogP contribution in [0.25, 0.3) is 10.4 Å². The molecule has 0 N–H and O–H groups in total. The van der Waals surface area contributed by atoms with Crippen molar-refractivity contribution in [2.75, 3.05) is 18.1 Å². The number of thioether (sulfide) groups is 1. The lowest BCUT2D eigenvalue weighted by atomic mass is 10.2. The van der Waals surface area contributed by atoms with Gasteiger partial charge in [0.1, 0.15) is 6.54 Å². The van der Waals surface area contributed by atoms with E-state index < -0.39 is 0 Å². The van der Waals surface area contributed by atoms with Crippen molar-refractivity contribution < 1.29 is 4.79 Å². The molecule has 1 atom stereocenters. The Morgan fingerprint density at radius 2 is 2.27 bits per heavy atom. The first kappa shape index (κ1) is 10.6. The summed E-state index contributed by atoms with van der Waals surface area (Å²) < 4.78 is 0. The predicted octanol–water partition coefficient (Wildman–Crippen LogP) is 1.79. The van der Waals surface area contributed by atoms with Crippen LogP contribution in [0.4, 0.5) is 0 Å². The molecule has 2 rings (SSSR count). The molecule has 15 heavy (non-hydrogen) atoms. The zero-order chi connectivity index (χ0) is 10.7. The molecule has 0 radical (unpaired) electrons. The molecule has 0 spiro atoms. The number of hydrogen-bond acceptors (Lipinski definition) is 3. The molecule has 0 aromatic carbocycles. The highest BCUT2D eigenvalue weighted by Crippen LogP contribution is 2.33. The molecule has 0 aromatic rings. The van der Waals surface area contributed by atoms with Gasteiger partial charge in [0.2, 0.25) is 5.91 Å². The summed E-state index contributed by atoms with van der Waals surface area (Å²) in [4.78, 5) is 16.4. The molecule has 1 heterocycles. The summed E-state index contributed by atoms with van der Waals surface area (Å²) in [6.07, 6.45) is 3.32. The standard InChI is InChI=1S/C9H14N4OS/c10-12-11-5-9(14)13(7-1-2-7)8-3-4-15-6-8/h7-8H,1-6H2. The van der Waals surface area contributed by atoms with E-state index in [9.17, 15) is 4.79 Å². The fourth-order valence-electron chi connectivity index (χ4n) is 1.97. The Hall–Kier alpha value is -0.870. The quantitative estimate of drug-likeness (QED) is 0.416. The van der Waals surface area contributed by atoms with Crippen molar-refractivity contribution >= 4 is 17.7 Å². The maximum absolute atomic E-state index is 11.8. The summed E-state index contributed by atoms with van der Waals surface area (Å²) in [5.41, 5.74) is 8.20. The van der Waals surface area contributed by atoms with E-state index in [1.54, 1.807) is 0 Å². The van der Waals surface area contributed by atoms with Gasteiger partial charge in [0, 0.05) is 22.7 Å². The number of rotatable bonds is 4. The maximum Gasteiger partial charge on any atom is 0.228 e. The molecule has 1 aliphatic carbocycles. The molecule has 1 amide bonds. The molecule has 0 aromatic heterocycles. The zero-order valence-corrected chi connectivity index (χ0v) is 9.32. The molecule has 2 fully saturated rings. The normalized spacial score (nSPS) is 24.7. The first-order valence-corrected chi connectivity index (χ1v) is 6.38. The van der Waals surface area contributed by atoms with Gasteiger partial charge in [0.05, 0.1) is 0 Å². The van der Waals surface area contributed by atoms with Crippen LogP contribution >= 0.6 is 11.8 Å². The van der Waals surface area contributed by atoms with Gasteiger partial charge < -0.3 is 4.90 Å². The summed E-state index contributed by atoms with van der Waals surface area (Å²) in [6.45, 7) is -0.0197. The maximum atomic E-state index is 11.8. The van der Waals surface area contributed by atoms with E-state index in [0.29, 0.717) is 12.1 Å². The summed E-state index contributed by atoms with van der Waals surface area (Å²) in [6, 6.07) is 0.805. The van der Waals surface area contributed by atoms with Crippen molar-refractivity contribution in [3.8, 4) is 0 Å². The van der Waals surface area contributed by atoms with Gasteiger partial charge in [-0.05, 0) is 30.5 Å². The molecule has 1 saturated carbocycles. The SMILES string of the molecule is [N-]=[N+]=NCC(=O)N(C1CC1)C1CCSC1. The molecule has 0 bridgehead atoms. The van der Waals surface area contributed by atoms with E-state index in [1.807, 2.05) is 16.7 Å². The highest BCUT2D eigenvalue weighted by Gasteiger charge is 2.37. The van der Waals surface area contributed by atoms with Gasteiger partial charge in [-0.2, -0.15) is 11.8 Å². The number of nitrogens with zero attached hydrogens (tertiary/aromatic N) is 4. The third-order valence-electron chi connectivity index (χ3n) is 2.80. The van der Waals surface area contributed by atoms with Gasteiger partial charge in [-0.3, -0.25) is 4.79 Å². The minimum Gasteiger partial charge on any atom is -0.336 e. The van der Waals surface area contributed by atoms with Crippen LogP contribution in [0.5, 0.6) is 0 Å². The third-order valence-corrected chi connectivity index (χ3v) is 3.94. The van der Waals surface area contributed by atoms with Crippen LogP contribution in [0.3, 0.4) is 0 Å². The number of amides is 1. The zero-order valence-electron chi connectivity index (χ0n) is 8.50. The lowest BCUT2D eigenvalue weighted by molar-refractivity contribution is -0.132. The third kappa shape index (κ3) is 2.58. The van der Waals surface area contributed by atoms with Gasteiger partial charge in [-0.1, -0.05) is 5.11 Å². The Bertz CT molecular complexity index is 292. The van der Waals surface area contributed by atoms with Gasteiger partial charge >= 0.3 is 0 Å². The van der Waals surface area contributed by atoms with E-state index >= 15 is 0 Å². The molecule has 5 nitrogen and oxygen atoms in total. The summed E-state index contributed by atoms with van der Waals surface area (Å²) in [7, 11) is 0. The van der Waals surface area contributed by atoms with Crippen LogP contribution in [0.15, 0.2) is 5.11 Å². The summed E-state index contributed by atoms with van der Waals surface area (Å²) in [5, 5.41) is 3.36. The molecule has 1 unspecified atom stereocenters. The monoisotopic (exact) mass is 226 g/mol. The van der Waals surface area contributed by atoms with Gasteiger partial charge in [0.25, 0.3) is 0 Å². The average molecular weight is 226 g/mol. The van der Waals surface area contributed by atoms with E-state index in [2.05, 4.69) is 10.0 Å². The van der Waals surface area contributed by atoms with Crippen LogP contribution in [-0.4, -0.2) is 40.9 Å². The summed E-state index contributed by atoms with van der Waals surface area (Å²) >= 11 is 1.90. The molecule has 1 saturated heterocycles. The second-order valence-corrected chi connectivity index (χ2v) is 5.09. The van der Waals surface area contributed by atoms with Crippen molar-refractivity contribution in [3.05, 3.63) is 10.4 Å². The molecule has 6 heteroatoms. The second-order valence-electron chi connectivity index (χ2n) is 3.94. The lowest BCUT2D eigenvalue weighted by Gasteiger charge is -2.28. The molecular formula is C9H14N4OS. The van der Waals surface area contributed by atoms with Crippen LogP contribution in [-0.2, 0) is 4.79 Å². The Labute approximate surface area is 92.8 Å². The van der Waals surface area contributed by atoms with Crippen LogP contribution in [0.1, 0.15) is 19.3 Å². The van der Waals surface area contributed by atoms with Crippen molar-refractivity contribution in [2.24, 2.45) is 5.11 Å². The number of carbonyl (C=O) groups excluding carboxylic acids is 1. The Morgan fingerprint density at radius 3 is 2.80 bits per heavy atom. The number of carbonyl (C=O) groups is 1. The van der Waals surface area contributed by atoms with E-state index in [4.69, 9.17) is 5.53 Å². The fraction of sp³-hybridized carbons (Fsp3) is 0.889. The van der Waals surface area contributed by atoms with Crippen molar-refractivity contribution in [2.45, 2.75) is 31.3 Å². The lowest BCUT2D eigenvalue weighted by Crippen LogP contribution is -2.43. The minimum atomic E-state index is -0.0197. The topological polar surface area (TPSA) is 69.1 Å². The number of hydrogen-bond donors (Lipinski definition) is 0. The summed E-state index contributed by atoms with van der Waals surface area (Å²) in [5.74, 6) is 2.18. The fourth-order valence-corrected chi connectivity index (χ4v) is 3.18. The highest BCUT2D eigenvalue weighted by atomic mass is 32.2. The van der Waals surface area contributed by atoms with Crippen LogP contribution in [0, 0.1) is 0 Å². The van der Waals surface area contributed by atoms with Crippen molar-refractivity contribution in [1.29, 1.82) is 0 Å². The molecule has 2 aliphatic rings. The van der Waals surface area contributed by atoms with Crippen LogP contribution in [0.2, 0.25) is 0 Å². The van der Waals surface area contributed by atoms with Crippen molar-refractivity contribution in [3.63, 3.8) is 0 Å². The molecule has 1 aliphatic heterocycles. The van der Waals surface area contributed by atoms with E-state index in [-0.39, 0.29) is 12.5 Å². The first-order chi connectivity index (χ1) is 7.33. The Balaban J connectivity index is 1.98. The highest BCUT2D eigenvalue weighted by molar-refractivity contribution is 7.99. The smallest absolute Gasteiger partial charge is 0.228 e. The first-order valence-electron chi connectivity index (χ1n) is 5.22. The average Bonchev–Trinajstić information content (AvgIpc) is 2.91.